The van der Waals surface area contributed by atoms with Crippen LogP contribution in [0.5, 0.6) is 0 Å². The normalized spacial score (nSPS) is 18.5. The Bertz CT molecular complexity index is 582. The number of carbonyl (C=O) groups is 2. The van der Waals surface area contributed by atoms with Gasteiger partial charge in [-0.05, 0) is 37.6 Å². The predicted molar refractivity (Wildman–Crippen MR) is 85.9 cm³/mol. The lowest BCUT2D eigenvalue weighted by Crippen LogP contribution is -2.45. The Balaban J connectivity index is 1.96. The highest BCUT2D eigenvalue weighted by molar-refractivity contribution is 6.30. The number of hydrogen-bond donors (Lipinski definition) is 1. The van der Waals surface area contributed by atoms with Crippen molar-refractivity contribution in [2.45, 2.75) is 31.7 Å². The predicted octanol–water partition coefficient (Wildman–Crippen LogP) is 2.84. The molecule has 1 fully saturated rings. The lowest BCUT2D eigenvalue weighted by atomic mass is 9.99. The molecular weight excluding hydrogens is 323 g/mol. The van der Waals surface area contributed by atoms with E-state index in [0.717, 1.165) is 25.8 Å². The third kappa shape index (κ3) is 5.18. The van der Waals surface area contributed by atoms with E-state index in [0.29, 0.717) is 5.02 Å². The Morgan fingerprint density at radius 3 is 2.96 bits per heavy atom. The van der Waals surface area contributed by atoms with Gasteiger partial charge in [0.1, 0.15) is 5.82 Å². The molecule has 0 bridgehead atoms. The highest BCUT2D eigenvalue weighted by atomic mass is 35.5. The molecule has 1 heterocycles. The lowest BCUT2D eigenvalue weighted by Gasteiger charge is -2.34. The summed E-state index contributed by atoms with van der Waals surface area (Å²) in [6.07, 6.45) is 3.09. The van der Waals surface area contributed by atoms with Crippen LogP contribution in [0.15, 0.2) is 18.2 Å². The maximum absolute atomic E-state index is 13.7. The number of esters is 1. The quantitative estimate of drug-likeness (QED) is 0.836. The molecule has 1 saturated heterocycles. The van der Waals surface area contributed by atoms with Crippen molar-refractivity contribution in [1.29, 1.82) is 0 Å². The van der Waals surface area contributed by atoms with Crippen LogP contribution < -0.4 is 5.32 Å². The number of piperidine rings is 1. The zero-order valence-electron chi connectivity index (χ0n) is 13.0. The molecular formula is C16H20ClFN2O3. The SMILES string of the molecule is COC(=O)C[C@@H]1CCCCN1CC(=O)Nc1cc(Cl)ccc1F. The highest BCUT2D eigenvalue weighted by Gasteiger charge is 2.26. The molecule has 1 N–H and O–H groups in total. The molecule has 0 aromatic heterocycles. The molecule has 1 aromatic rings. The van der Waals surface area contributed by atoms with Gasteiger partial charge in [-0.15, -0.1) is 0 Å². The average molecular weight is 343 g/mol. The van der Waals surface area contributed by atoms with E-state index in [2.05, 4.69) is 5.32 Å². The summed E-state index contributed by atoms with van der Waals surface area (Å²) in [5.41, 5.74) is 0.0593. The van der Waals surface area contributed by atoms with E-state index >= 15 is 0 Å². The topological polar surface area (TPSA) is 58.6 Å². The molecule has 1 aromatic carbocycles. The number of nitrogens with one attached hydrogen (secondary N) is 1. The van der Waals surface area contributed by atoms with Crippen LogP contribution in [0, 0.1) is 5.82 Å². The molecule has 0 aliphatic carbocycles. The van der Waals surface area contributed by atoms with Gasteiger partial charge in [0.15, 0.2) is 0 Å². The van der Waals surface area contributed by atoms with Crippen molar-refractivity contribution in [2.24, 2.45) is 0 Å². The van der Waals surface area contributed by atoms with Gasteiger partial charge in [0, 0.05) is 11.1 Å². The minimum Gasteiger partial charge on any atom is -0.469 e. The minimum absolute atomic E-state index is 0.0221. The monoisotopic (exact) mass is 342 g/mol. The zero-order chi connectivity index (χ0) is 16.8. The average Bonchev–Trinajstić information content (AvgIpc) is 2.52. The maximum Gasteiger partial charge on any atom is 0.307 e. The molecule has 2 rings (SSSR count). The minimum atomic E-state index is -0.535. The Kier molecular flexibility index (Phi) is 6.36. The molecule has 0 spiro atoms. The van der Waals surface area contributed by atoms with Gasteiger partial charge in [-0.3, -0.25) is 14.5 Å². The maximum atomic E-state index is 13.7. The second-order valence-corrected chi connectivity index (χ2v) is 6.01. The van der Waals surface area contributed by atoms with Gasteiger partial charge < -0.3 is 10.1 Å². The number of likely N-dealkylation sites (tertiary alicyclic amines) is 1. The number of rotatable bonds is 5. The van der Waals surface area contributed by atoms with Crippen LogP contribution in [0.1, 0.15) is 25.7 Å². The van der Waals surface area contributed by atoms with E-state index in [-0.39, 0.29) is 36.6 Å². The number of halogens is 2. The molecule has 1 aliphatic rings. The Morgan fingerprint density at radius 1 is 1.43 bits per heavy atom. The number of amides is 1. The van der Waals surface area contributed by atoms with E-state index in [1.54, 1.807) is 0 Å². The number of anilines is 1. The third-order valence-electron chi connectivity index (χ3n) is 3.93. The summed E-state index contributed by atoms with van der Waals surface area (Å²) in [4.78, 5) is 25.6. The highest BCUT2D eigenvalue weighted by Crippen LogP contribution is 2.22. The Morgan fingerprint density at radius 2 is 2.22 bits per heavy atom. The van der Waals surface area contributed by atoms with Crippen LogP contribution in [0.25, 0.3) is 0 Å². The summed E-state index contributed by atoms with van der Waals surface area (Å²) >= 11 is 5.81. The third-order valence-corrected chi connectivity index (χ3v) is 4.16. The summed E-state index contributed by atoms with van der Waals surface area (Å²) in [6, 6.07) is 3.98. The van der Waals surface area contributed by atoms with E-state index in [1.165, 1.54) is 25.3 Å². The van der Waals surface area contributed by atoms with Gasteiger partial charge in [-0.25, -0.2) is 4.39 Å². The number of methoxy groups -OCH3 is 1. The molecule has 0 saturated carbocycles. The summed E-state index contributed by atoms with van der Waals surface area (Å²) < 4.78 is 18.4. The summed E-state index contributed by atoms with van der Waals surface area (Å²) in [7, 11) is 1.35. The van der Waals surface area contributed by atoms with Crippen LogP contribution >= 0.6 is 11.6 Å². The molecule has 7 heteroatoms. The van der Waals surface area contributed by atoms with Crippen molar-refractivity contribution < 1.29 is 18.7 Å². The van der Waals surface area contributed by atoms with Crippen LogP contribution in [0.4, 0.5) is 10.1 Å². The van der Waals surface area contributed by atoms with Gasteiger partial charge in [0.25, 0.3) is 0 Å². The first-order valence-corrected chi connectivity index (χ1v) is 7.93. The number of benzene rings is 1. The summed E-state index contributed by atoms with van der Waals surface area (Å²) in [5, 5.41) is 2.88. The van der Waals surface area contributed by atoms with Crippen LogP contribution in [0.2, 0.25) is 5.02 Å². The van der Waals surface area contributed by atoms with Crippen LogP contribution in [-0.2, 0) is 14.3 Å². The Labute approximate surface area is 139 Å². The second kappa shape index (κ2) is 8.26. The van der Waals surface area contributed by atoms with Gasteiger partial charge in [-0.1, -0.05) is 18.0 Å². The van der Waals surface area contributed by atoms with Gasteiger partial charge >= 0.3 is 5.97 Å². The molecule has 1 amide bonds. The number of hydrogen-bond acceptors (Lipinski definition) is 4. The molecule has 23 heavy (non-hydrogen) atoms. The van der Waals surface area contributed by atoms with Crippen molar-refractivity contribution in [2.75, 3.05) is 25.5 Å². The van der Waals surface area contributed by atoms with Crippen molar-refractivity contribution >= 4 is 29.2 Å². The van der Waals surface area contributed by atoms with Crippen molar-refractivity contribution in [3.8, 4) is 0 Å². The molecule has 0 unspecified atom stereocenters. The van der Waals surface area contributed by atoms with Crippen LogP contribution in [-0.4, -0.2) is 43.0 Å². The van der Waals surface area contributed by atoms with Gasteiger partial charge in [0.05, 0.1) is 25.8 Å². The van der Waals surface area contributed by atoms with Crippen molar-refractivity contribution in [3.63, 3.8) is 0 Å². The number of ether oxygens (including phenoxy) is 1. The standard InChI is InChI=1S/C16H20ClFN2O3/c1-23-16(22)9-12-4-2-3-7-20(12)10-15(21)19-14-8-11(17)5-6-13(14)18/h5-6,8,12H,2-4,7,9-10H2,1H3,(H,19,21)/t12-/m0/s1. The fourth-order valence-electron chi connectivity index (χ4n) is 2.74. The number of carbonyl (C=O) groups excluding carboxylic acids is 2. The summed E-state index contributed by atoms with van der Waals surface area (Å²) in [5.74, 6) is -1.15. The largest absolute Gasteiger partial charge is 0.469 e. The van der Waals surface area contributed by atoms with E-state index in [9.17, 15) is 14.0 Å². The smallest absolute Gasteiger partial charge is 0.307 e. The Hall–Kier alpha value is -1.66. The van der Waals surface area contributed by atoms with Crippen molar-refractivity contribution in [3.05, 3.63) is 29.0 Å². The fraction of sp³-hybridized carbons (Fsp3) is 0.500. The first kappa shape index (κ1) is 17.7. The number of nitrogens with zero attached hydrogens (tertiary/aromatic N) is 1. The lowest BCUT2D eigenvalue weighted by molar-refractivity contribution is -0.142. The van der Waals surface area contributed by atoms with Gasteiger partial charge in [-0.2, -0.15) is 0 Å². The molecule has 126 valence electrons. The molecule has 1 aliphatic heterocycles. The molecule has 5 nitrogen and oxygen atoms in total. The summed E-state index contributed by atoms with van der Waals surface area (Å²) in [6.45, 7) is 0.834. The van der Waals surface area contributed by atoms with E-state index in [1.807, 2.05) is 4.90 Å². The van der Waals surface area contributed by atoms with Crippen LogP contribution in [0.3, 0.4) is 0 Å². The second-order valence-electron chi connectivity index (χ2n) is 5.57. The zero-order valence-corrected chi connectivity index (χ0v) is 13.7. The van der Waals surface area contributed by atoms with Gasteiger partial charge in [0.2, 0.25) is 5.91 Å². The first-order valence-electron chi connectivity index (χ1n) is 7.55. The van der Waals surface area contributed by atoms with E-state index < -0.39 is 5.82 Å². The molecule has 0 radical (unpaired) electrons. The fourth-order valence-corrected chi connectivity index (χ4v) is 2.91. The van der Waals surface area contributed by atoms with Crippen molar-refractivity contribution in [1.82, 2.24) is 4.90 Å². The van der Waals surface area contributed by atoms with E-state index in [4.69, 9.17) is 16.3 Å². The first-order chi connectivity index (χ1) is 11.0. The molecule has 1 atom stereocenters.